The molecule has 1 aliphatic heterocycles. The van der Waals surface area contributed by atoms with Gasteiger partial charge in [0, 0.05) is 29.6 Å². The van der Waals surface area contributed by atoms with Crippen LogP contribution < -0.4 is 5.32 Å². The Kier molecular flexibility index (Phi) is 4.02. The number of carbonyl (C=O) groups excluding carboxylic acids is 1. The van der Waals surface area contributed by atoms with Crippen molar-refractivity contribution in [2.24, 2.45) is 0 Å². The van der Waals surface area contributed by atoms with Gasteiger partial charge in [-0.3, -0.25) is 4.79 Å². The Morgan fingerprint density at radius 2 is 2.22 bits per heavy atom. The molecule has 1 N–H and O–H groups in total. The lowest BCUT2D eigenvalue weighted by Crippen LogP contribution is -2.57. The molecule has 0 aliphatic carbocycles. The van der Waals surface area contributed by atoms with Gasteiger partial charge < -0.3 is 10.2 Å². The second kappa shape index (κ2) is 5.36. The molecule has 1 saturated heterocycles. The molecule has 3 nitrogen and oxygen atoms in total. The van der Waals surface area contributed by atoms with Gasteiger partial charge in [-0.2, -0.15) is 0 Å². The second-order valence-electron chi connectivity index (χ2n) is 4.61. The largest absolute Gasteiger partial charge is 0.333 e. The van der Waals surface area contributed by atoms with E-state index in [1.807, 2.05) is 13.8 Å². The number of hydrogen-bond acceptors (Lipinski definition) is 2. The molecule has 1 aromatic rings. The summed E-state index contributed by atoms with van der Waals surface area (Å²) in [4.78, 5) is 14.1. The van der Waals surface area contributed by atoms with Gasteiger partial charge in [0.25, 0.3) is 5.91 Å². The number of amides is 1. The summed E-state index contributed by atoms with van der Waals surface area (Å²) in [6.07, 6.45) is 0. The van der Waals surface area contributed by atoms with Crippen LogP contribution in [0.1, 0.15) is 24.2 Å². The number of halogens is 2. The first-order valence-corrected chi connectivity index (χ1v) is 6.79. The van der Waals surface area contributed by atoms with Gasteiger partial charge in [0.15, 0.2) is 0 Å². The van der Waals surface area contributed by atoms with E-state index in [0.717, 1.165) is 6.54 Å². The smallest absolute Gasteiger partial charge is 0.257 e. The molecule has 0 aromatic heterocycles. The van der Waals surface area contributed by atoms with Crippen LogP contribution in [0.15, 0.2) is 22.7 Å². The quantitative estimate of drug-likeness (QED) is 0.863. The summed E-state index contributed by atoms with van der Waals surface area (Å²) >= 11 is 3.19. The minimum Gasteiger partial charge on any atom is -0.333 e. The summed E-state index contributed by atoms with van der Waals surface area (Å²) in [5.74, 6) is -0.714. The third-order valence-electron chi connectivity index (χ3n) is 3.46. The molecule has 0 saturated carbocycles. The van der Waals surface area contributed by atoms with Gasteiger partial charge in [-0.1, -0.05) is 15.9 Å². The summed E-state index contributed by atoms with van der Waals surface area (Å²) in [5.41, 5.74) is 0.138. The van der Waals surface area contributed by atoms with Crippen molar-refractivity contribution >= 4 is 21.8 Å². The number of nitrogens with zero attached hydrogens (tertiary/aromatic N) is 1. The first-order valence-electron chi connectivity index (χ1n) is 6.00. The molecule has 2 unspecified atom stereocenters. The summed E-state index contributed by atoms with van der Waals surface area (Å²) < 4.78 is 14.4. The van der Waals surface area contributed by atoms with E-state index in [2.05, 4.69) is 21.2 Å². The molecule has 18 heavy (non-hydrogen) atoms. The predicted molar refractivity (Wildman–Crippen MR) is 72.1 cm³/mol. The van der Waals surface area contributed by atoms with Crippen molar-refractivity contribution in [3.8, 4) is 0 Å². The summed E-state index contributed by atoms with van der Waals surface area (Å²) in [5, 5.41) is 3.30. The van der Waals surface area contributed by atoms with Crippen LogP contribution in [0.25, 0.3) is 0 Å². The topological polar surface area (TPSA) is 32.3 Å². The van der Waals surface area contributed by atoms with Crippen LogP contribution in [-0.4, -0.2) is 36.0 Å². The first kappa shape index (κ1) is 13.5. The summed E-state index contributed by atoms with van der Waals surface area (Å²) in [6.45, 7) is 5.36. The minimum absolute atomic E-state index is 0.0642. The van der Waals surface area contributed by atoms with E-state index >= 15 is 0 Å². The number of rotatable bonds is 1. The van der Waals surface area contributed by atoms with Gasteiger partial charge in [0.05, 0.1) is 5.56 Å². The zero-order chi connectivity index (χ0) is 13.3. The highest BCUT2D eigenvalue weighted by Gasteiger charge is 2.29. The van der Waals surface area contributed by atoms with Crippen LogP contribution in [0, 0.1) is 5.82 Å². The molecule has 5 heteroatoms. The highest BCUT2D eigenvalue weighted by molar-refractivity contribution is 9.10. The van der Waals surface area contributed by atoms with Crippen molar-refractivity contribution in [1.29, 1.82) is 0 Å². The molecular formula is C13H16BrFN2O. The van der Waals surface area contributed by atoms with Crippen LogP contribution in [0.2, 0.25) is 0 Å². The van der Waals surface area contributed by atoms with Gasteiger partial charge in [-0.25, -0.2) is 4.39 Å². The minimum atomic E-state index is -0.479. The number of benzene rings is 1. The van der Waals surface area contributed by atoms with Gasteiger partial charge in [0.1, 0.15) is 5.82 Å². The average Bonchev–Trinajstić information content (AvgIpc) is 2.32. The third-order valence-corrected chi connectivity index (χ3v) is 3.95. The highest BCUT2D eigenvalue weighted by atomic mass is 79.9. The predicted octanol–water partition coefficient (Wildman–Crippen LogP) is 2.41. The van der Waals surface area contributed by atoms with Crippen LogP contribution in [0.3, 0.4) is 0 Å². The fraction of sp³-hybridized carbons (Fsp3) is 0.462. The molecule has 2 atom stereocenters. The fourth-order valence-electron chi connectivity index (χ4n) is 2.16. The molecule has 0 spiro atoms. The Hall–Kier alpha value is -0.940. The second-order valence-corrected chi connectivity index (χ2v) is 5.52. The van der Waals surface area contributed by atoms with E-state index in [-0.39, 0.29) is 23.6 Å². The van der Waals surface area contributed by atoms with Crippen molar-refractivity contribution < 1.29 is 9.18 Å². The molecule has 0 bridgehead atoms. The molecule has 1 aromatic carbocycles. The fourth-order valence-corrected chi connectivity index (χ4v) is 2.49. The SMILES string of the molecule is CC1NCCN(C(=O)c2ccc(Br)cc2F)C1C. The number of nitrogens with one attached hydrogen (secondary N) is 1. The summed E-state index contributed by atoms with van der Waals surface area (Å²) in [7, 11) is 0. The van der Waals surface area contributed by atoms with Gasteiger partial charge in [0.2, 0.25) is 0 Å². The lowest BCUT2D eigenvalue weighted by atomic mass is 10.1. The van der Waals surface area contributed by atoms with Crippen LogP contribution in [0.4, 0.5) is 4.39 Å². The number of hydrogen-bond donors (Lipinski definition) is 1. The van der Waals surface area contributed by atoms with E-state index in [1.165, 1.54) is 12.1 Å². The first-order chi connectivity index (χ1) is 8.50. The lowest BCUT2D eigenvalue weighted by molar-refractivity contribution is 0.0598. The molecule has 1 amide bonds. The molecule has 1 aliphatic rings. The van der Waals surface area contributed by atoms with E-state index in [4.69, 9.17) is 0 Å². The maximum Gasteiger partial charge on any atom is 0.257 e. The lowest BCUT2D eigenvalue weighted by Gasteiger charge is -2.38. The molecule has 1 heterocycles. The van der Waals surface area contributed by atoms with Crippen LogP contribution in [0.5, 0.6) is 0 Å². The normalized spacial score (nSPS) is 24.1. The monoisotopic (exact) mass is 314 g/mol. The average molecular weight is 315 g/mol. The Morgan fingerprint density at radius 3 is 2.89 bits per heavy atom. The number of piperazine rings is 1. The van der Waals surface area contributed by atoms with E-state index in [9.17, 15) is 9.18 Å². The van der Waals surface area contributed by atoms with Gasteiger partial charge in [-0.05, 0) is 32.0 Å². The summed E-state index contributed by atoms with van der Waals surface area (Å²) in [6, 6.07) is 4.83. The van der Waals surface area contributed by atoms with Crippen molar-refractivity contribution in [1.82, 2.24) is 10.2 Å². The maximum atomic E-state index is 13.8. The Balaban J connectivity index is 2.25. The van der Waals surface area contributed by atoms with Gasteiger partial charge >= 0.3 is 0 Å². The maximum absolute atomic E-state index is 13.8. The van der Waals surface area contributed by atoms with Crippen molar-refractivity contribution in [2.75, 3.05) is 13.1 Å². The van der Waals surface area contributed by atoms with Crippen molar-refractivity contribution in [3.05, 3.63) is 34.1 Å². The highest BCUT2D eigenvalue weighted by Crippen LogP contribution is 2.19. The van der Waals surface area contributed by atoms with Crippen molar-refractivity contribution in [2.45, 2.75) is 25.9 Å². The number of carbonyl (C=O) groups is 1. The molecule has 2 rings (SSSR count). The standard InChI is InChI=1S/C13H16BrFN2O/c1-8-9(2)17(6-5-16-8)13(18)11-4-3-10(14)7-12(11)15/h3-4,7-9,16H,5-6H2,1-2H3. The zero-order valence-electron chi connectivity index (χ0n) is 10.4. The molecule has 0 radical (unpaired) electrons. The van der Waals surface area contributed by atoms with Gasteiger partial charge in [-0.15, -0.1) is 0 Å². The zero-order valence-corrected chi connectivity index (χ0v) is 12.0. The molecular weight excluding hydrogens is 299 g/mol. The Bertz CT molecular complexity index is 466. The van der Waals surface area contributed by atoms with Crippen molar-refractivity contribution in [3.63, 3.8) is 0 Å². The van der Waals surface area contributed by atoms with Crippen LogP contribution in [-0.2, 0) is 0 Å². The van der Waals surface area contributed by atoms with E-state index in [0.29, 0.717) is 11.0 Å². The van der Waals surface area contributed by atoms with E-state index < -0.39 is 5.82 Å². The molecule has 1 fully saturated rings. The van der Waals surface area contributed by atoms with E-state index in [1.54, 1.807) is 11.0 Å². The Labute approximate surface area is 114 Å². The van der Waals surface area contributed by atoms with Crippen LogP contribution >= 0.6 is 15.9 Å². The Morgan fingerprint density at radius 1 is 1.50 bits per heavy atom. The molecule has 98 valence electrons. The third kappa shape index (κ3) is 2.57.